The maximum atomic E-state index is 13.5. The van der Waals surface area contributed by atoms with Crippen molar-refractivity contribution in [3.63, 3.8) is 0 Å². The summed E-state index contributed by atoms with van der Waals surface area (Å²) < 4.78 is 65.5. The number of anilines is 1. The van der Waals surface area contributed by atoms with Crippen LogP contribution >= 0.6 is 0 Å². The first-order valence-electron chi connectivity index (χ1n) is 7.31. The van der Waals surface area contributed by atoms with Gasteiger partial charge in [-0.05, 0) is 30.3 Å². The molecule has 0 aliphatic carbocycles. The molecule has 1 amide bonds. The third kappa shape index (κ3) is 4.47. The van der Waals surface area contributed by atoms with Gasteiger partial charge >= 0.3 is 6.18 Å². The monoisotopic (exact) mass is 369 g/mol. The number of nitriles is 1. The quantitative estimate of drug-likeness (QED) is 0.624. The van der Waals surface area contributed by atoms with Crippen LogP contribution in [0.2, 0.25) is 0 Å². The number of carbonyl (C=O) groups is 1. The van der Waals surface area contributed by atoms with Gasteiger partial charge in [0.25, 0.3) is 5.91 Å². The summed E-state index contributed by atoms with van der Waals surface area (Å²) in [6.45, 7) is -0.0844. The molecule has 0 spiro atoms. The van der Waals surface area contributed by atoms with Crippen LogP contribution in [0.1, 0.15) is 21.5 Å². The third-order valence-corrected chi connectivity index (χ3v) is 3.37. The first-order valence-corrected chi connectivity index (χ1v) is 7.31. The zero-order chi connectivity index (χ0) is 19.3. The maximum Gasteiger partial charge on any atom is 0.417 e. The molecule has 2 N–H and O–H groups in total. The van der Waals surface area contributed by atoms with E-state index in [0.717, 1.165) is 30.3 Å². The van der Waals surface area contributed by atoms with E-state index in [4.69, 9.17) is 5.26 Å². The molecule has 0 unspecified atom stereocenters. The van der Waals surface area contributed by atoms with Crippen LogP contribution in [0.3, 0.4) is 0 Å². The lowest BCUT2D eigenvalue weighted by Gasteiger charge is -2.13. The van der Waals surface area contributed by atoms with E-state index >= 15 is 0 Å². The lowest BCUT2D eigenvalue weighted by Crippen LogP contribution is -2.30. The fourth-order valence-electron chi connectivity index (χ4n) is 2.17. The minimum Gasteiger partial charge on any atom is -0.383 e. The molecule has 4 nitrogen and oxygen atoms in total. The van der Waals surface area contributed by atoms with Crippen molar-refractivity contribution >= 4 is 11.6 Å². The number of nitrogens with one attached hydrogen (secondary N) is 2. The van der Waals surface area contributed by atoms with Gasteiger partial charge in [-0.2, -0.15) is 18.4 Å². The van der Waals surface area contributed by atoms with Crippen molar-refractivity contribution in [3.05, 3.63) is 64.7 Å². The second-order valence-corrected chi connectivity index (χ2v) is 5.15. The van der Waals surface area contributed by atoms with Crippen LogP contribution in [0.25, 0.3) is 0 Å². The van der Waals surface area contributed by atoms with Crippen LogP contribution in [0.15, 0.2) is 36.4 Å². The average molecular weight is 369 g/mol. The van der Waals surface area contributed by atoms with Crippen molar-refractivity contribution in [2.24, 2.45) is 0 Å². The van der Waals surface area contributed by atoms with E-state index < -0.39 is 40.4 Å². The fraction of sp³-hybridized carbons (Fsp3) is 0.176. The Morgan fingerprint density at radius 2 is 1.73 bits per heavy atom. The molecular weight excluding hydrogens is 357 g/mol. The van der Waals surface area contributed by atoms with Crippen LogP contribution in [-0.2, 0) is 6.18 Å². The summed E-state index contributed by atoms with van der Waals surface area (Å²) in [6.07, 6.45) is -4.68. The molecule has 2 aromatic rings. The molecule has 0 saturated carbocycles. The number of alkyl halides is 3. The van der Waals surface area contributed by atoms with Crippen LogP contribution in [-0.4, -0.2) is 19.0 Å². The Morgan fingerprint density at radius 3 is 2.31 bits per heavy atom. The van der Waals surface area contributed by atoms with Gasteiger partial charge in [-0.1, -0.05) is 6.07 Å². The standard InChI is InChI=1S/C17H12F5N3O/c18-13-2-1-3-14(19)15(13)16(26)25-7-6-24-11-5-4-10(9-23)12(8-11)17(20,21)22/h1-5,8,24H,6-7H2,(H,25,26). The van der Waals surface area contributed by atoms with Gasteiger partial charge < -0.3 is 10.6 Å². The number of hydrogen-bond acceptors (Lipinski definition) is 3. The van der Waals surface area contributed by atoms with Crippen LogP contribution < -0.4 is 10.6 Å². The molecule has 0 atom stereocenters. The second-order valence-electron chi connectivity index (χ2n) is 5.15. The summed E-state index contributed by atoms with van der Waals surface area (Å²) in [5.74, 6) is -3.01. The van der Waals surface area contributed by atoms with Gasteiger partial charge in [0.1, 0.15) is 17.2 Å². The van der Waals surface area contributed by atoms with Crippen LogP contribution in [0.4, 0.5) is 27.6 Å². The Balaban J connectivity index is 1.97. The van der Waals surface area contributed by atoms with E-state index in [1.807, 2.05) is 0 Å². The molecule has 0 saturated heterocycles. The van der Waals surface area contributed by atoms with Gasteiger partial charge in [-0.15, -0.1) is 0 Å². The van der Waals surface area contributed by atoms with E-state index in [-0.39, 0.29) is 18.8 Å². The Bertz CT molecular complexity index is 838. The summed E-state index contributed by atoms with van der Waals surface area (Å²) in [5, 5.41) is 13.6. The van der Waals surface area contributed by atoms with Crippen molar-refractivity contribution in [3.8, 4) is 6.07 Å². The molecule has 2 aromatic carbocycles. The van der Waals surface area contributed by atoms with Crippen molar-refractivity contribution in [2.75, 3.05) is 18.4 Å². The maximum absolute atomic E-state index is 13.5. The number of nitrogens with zero attached hydrogens (tertiary/aromatic N) is 1. The van der Waals surface area contributed by atoms with Gasteiger partial charge in [-0.25, -0.2) is 8.78 Å². The first-order chi connectivity index (χ1) is 12.2. The zero-order valence-electron chi connectivity index (χ0n) is 13.1. The summed E-state index contributed by atoms with van der Waals surface area (Å²) in [6, 6.07) is 7.54. The molecule has 0 fully saturated rings. The van der Waals surface area contributed by atoms with E-state index in [0.29, 0.717) is 0 Å². The lowest BCUT2D eigenvalue weighted by molar-refractivity contribution is -0.137. The number of amides is 1. The normalized spacial score (nSPS) is 10.9. The molecule has 26 heavy (non-hydrogen) atoms. The molecule has 0 aliphatic rings. The minimum atomic E-state index is -4.68. The number of hydrogen-bond donors (Lipinski definition) is 2. The van der Waals surface area contributed by atoms with Crippen LogP contribution in [0, 0.1) is 23.0 Å². The Kier molecular flexibility index (Phi) is 5.77. The molecule has 0 aliphatic heterocycles. The Labute approximate surface area is 145 Å². The van der Waals surface area contributed by atoms with Gasteiger partial charge in [0.2, 0.25) is 0 Å². The molecule has 0 heterocycles. The fourth-order valence-corrected chi connectivity index (χ4v) is 2.17. The second kappa shape index (κ2) is 7.82. The van der Waals surface area contributed by atoms with Crippen molar-refractivity contribution in [1.82, 2.24) is 5.32 Å². The number of benzene rings is 2. The lowest BCUT2D eigenvalue weighted by atomic mass is 10.1. The smallest absolute Gasteiger partial charge is 0.383 e. The van der Waals surface area contributed by atoms with Gasteiger partial charge in [0.15, 0.2) is 0 Å². The highest BCUT2D eigenvalue weighted by Gasteiger charge is 2.33. The van der Waals surface area contributed by atoms with Crippen LogP contribution in [0.5, 0.6) is 0 Å². The molecule has 0 bridgehead atoms. The topological polar surface area (TPSA) is 64.9 Å². The van der Waals surface area contributed by atoms with Crippen molar-refractivity contribution in [2.45, 2.75) is 6.18 Å². The molecule has 0 aromatic heterocycles. The summed E-state index contributed by atoms with van der Waals surface area (Å²) in [5.41, 5.74) is -2.23. The highest BCUT2D eigenvalue weighted by atomic mass is 19.4. The molecule has 9 heteroatoms. The van der Waals surface area contributed by atoms with Gasteiger partial charge in [-0.3, -0.25) is 4.79 Å². The third-order valence-electron chi connectivity index (χ3n) is 3.37. The highest BCUT2D eigenvalue weighted by molar-refractivity contribution is 5.94. The Hall–Kier alpha value is -3.15. The van der Waals surface area contributed by atoms with E-state index in [1.54, 1.807) is 0 Å². The number of carbonyl (C=O) groups excluding carboxylic acids is 1. The van der Waals surface area contributed by atoms with E-state index in [9.17, 15) is 26.7 Å². The van der Waals surface area contributed by atoms with Gasteiger partial charge in [0, 0.05) is 18.8 Å². The van der Waals surface area contributed by atoms with E-state index in [2.05, 4.69) is 10.6 Å². The molecule has 136 valence electrons. The SMILES string of the molecule is N#Cc1ccc(NCCNC(=O)c2c(F)cccc2F)cc1C(F)(F)F. The largest absolute Gasteiger partial charge is 0.417 e. The van der Waals surface area contributed by atoms with Gasteiger partial charge in [0.05, 0.1) is 17.2 Å². The van der Waals surface area contributed by atoms with E-state index in [1.165, 1.54) is 12.1 Å². The zero-order valence-corrected chi connectivity index (χ0v) is 13.1. The predicted octanol–water partition coefficient (Wildman–Crippen LogP) is 3.70. The molecule has 0 radical (unpaired) electrons. The molecule has 2 rings (SSSR count). The summed E-state index contributed by atoms with van der Waals surface area (Å²) in [4.78, 5) is 11.8. The predicted molar refractivity (Wildman–Crippen MR) is 83.3 cm³/mol. The minimum absolute atomic E-state index is 0.00497. The highest BCUT2D eigenvalue weighted by Crippen LogP contribution is 2.33. The first kappa shape index (κ1) is 19.2. The van der Waals surface area contributed by atoms with Crippen molar-refractivity contribution < 1.29 is 26.7 Å². The number of rotatable bonds is 5. The summed E-state index contributed by atoms with van der Waals surface area (Å²) >= 11 is 0. The average Bonchev–Trinajstić information content (AvgIpc) is 2.57. The van der Waals surface area contributed by atoms with Crippen molar-refractivity contribution in [1.29, 1.82) is 5.26 Å². The summed E-state index contributed by atoms with van der Waals surface area (Å²) in [7, 11) is 0. The number of halogens is 5. The Morgan fingerprint density at radius 1 is 1.08 bits per heavy atom. The molecular formula is C17H12F5N3O.